The molecule has 3 rings (SSSR count). The summed E-state index contributed by atoms with van der Waals surface area (Å²) in [6.07, 6.45) is 1.71. The first-order valence-corrected chi connectivity index (χ1v) is 9.06. The SMILES string of the molecule is CN=C(NCCc1c(C)noc1C)NC1CC(C)(C)Oc2ccccc21. The molecule has 1 aliphatic heterocycles. The van der Waals surface area contributed by atoms with Crippen LogP contribution in [0.2, 0.25) is 0 Å². The third-order valence-electron chi connectivity index (χ3n) is 4.76. The fourth-order valence-corrected chi connectivity index (χ4v) is 3.46. The first-order chi connectivity index (χ1) is 12.4. The molecule has 0 amide bonds. The van der Waals surface area contributed by atoms with E-state index in [2.05, 4.69) is 40.7 Å². The van der Waals surface area contributed by atoms with Crippen molar-refractivity contribution in [2.75, 3.05) is 13.6 Å². The van der Waals surface area contributed by atoms with Crippen LogP contribution in [0.15, 0.2) is 33.8 Å². The molecule has 6 nitrogen and oxygen atoms in total. The Hall–Kier alpha value is -2.50. The minimum Gasteiger partial charge on any atom is -0.487 e. The molecule has 0 saturated carbocycles. The fourth-order valence-electron chi connectivity index (χ4n) is 3.46. The smallest absolute Gasteiger partial charge is 0.191 e. The van der Waals surface area contributed by atoms with Crippen LogP contribution in [0, 0.1) is 13.8 Å². The zero-order valence-electron chi connectivity index (χ0n) is 16.2. The summed E-state index contributed by atoms with van der Waals surface area (Å²) in [5.74, 6) is 2.61. The summed E-state index contributed by atoms with van der Waals surface area (Å²) in [5.41, 5.74) is 3.06. The van der Waals surface area contributed by atoms with E-state index in [1.54, 1.807) is 7.05 Å². The molecule has 0 spiro atoms. The van der Waals surface area contributed by atoms with E-state index >= 15 is 0 Å². The molecule has 26 heavy (non-hydrogen) atoms. The molecular formula is C20H28N4O2. The Labute approximate surface area is 155 Å². The van der Waals surface area contributed by atoms with Crippen molar-refractivity contribution in [1.29, 1.82) is 0 Å². The van der Waals surface area contributed by atoms with Crippen molar-refractivity contribution in [2.45, 2.75) is 52.2 Å². The Morgan fingerprint density at radius 3 is 2.77 bits per heavy atom. The van der Waals surface area contributed by atoms with Crippen LogP contribution in [-0.2, 0) is 6.42 Å². The van der Waals surface area contributed by atoms with Crippen LogP contribution in [0.4, 0.5) is 0 Å². The summed E-state index contributed by atoms with van der Waals surface area (Å²) >= 11 is 0. The highest BCUT2D eigenvalue weighted by molar-refractivity contribution is 5.80. The zero-order chi connectivity index (χ0) is 18.7. The van der Waals surface area contributed by atoms with Gasteiger partial charge in [-0.2, -0.15) is 0 Å². The number of nitrogens with zero attached hydrogens (tertiary/aromatic N) is 2. The average molecular weight is 356 g/mol. The highest BCUT2D eigenvalue weighted by Crippen LogP contribution is 2.39. The molecule has 1 atom stereocenters. The van der Waals surface area contributed by atoms with E-state index in [1.807, 2.05) is 32.0 Å². The summed E-state index contributed by atoms with van der Waals surface area (Å²) in [6.45, 7) is 8.91. The second kappa shape index (κ2) is 7.40. The molecule has 0 saturated heterocycles. The Morgan fingerprint density at radius 1 is 1.31 bits per heavy atom. The number of nitrogens with one attached hydrogen (secondary N) is 2. The summed E-state index contributed by atoms with van der Waals surface area (Å²) in [5, 5.41) is 10.9. The maximum absolute atomic E-state index is 6.10. The number of fused-ring (bicyclic) bond motifs is 1. The predicted octanol–water partition coefficient (Wildman–Crippen LogP) is 3.30. The molecule has 2 N–H and O–H groups in total. The molecule has 1 aliphatic rings. The number of aromatic nitrogens is 1. The lowest BCUT2D eigenvalue weighted by Gasteiger charge is -2.38. The molecule has 1 aromatic carbocycles. The van der Waals surface area contributed by atoms with Crippen molar-refractivity contribution in [1.82, 2.24) is 15.8 Å². The Bertz CT molecular complexity index is 775. The second-order valence-corrected chi connectivity index (χ2v) is 7.35. The van der Waals surface area contributed by atoms with Gasteiger partial charge in [-0.05, 0) is 40.2 Å². The van der Waals surface area contributed by atoms with Gasteiger partial charge in [0.05, 0.1) is 11.7 Å². The minimum absolute atomic E-state index is 0.153. The van der Waals surface area contributed by atoms with E-state index in [0.29, 0.717) is 0 Å². The van der Waals surface area contributed by atoms with Crippen molar-refractivity contribution in [2.24, 2.45) is 4.99 Å². The molecule has 0 fully saturated rings. The maximum Gasteiger partial charge on any atom is 0.191 e. The number of aliphatic imine (C=N–C) groups is 1. The molecule has 0 radical (unpaired) electrons. The van der Waals surface area contributed by atoms with Crippen LogP contribution in [0.3, 0.4) is 0 Å². The molecule has 6 heteroatoms. The minimum atomic E-state index is -0.221. The van der Waals surface area contributed by atoms with E-state index in [4.69, 9.17) is 9.26 Å². The first kappa shape index (κ1) is 18.3. The van der Waals surface area contributed by atoms with E-state index in [-0.39, 0.29) is 11.6 Å². The fraction of sp³-hybridized carbons (Fsp3) is 0.500. The molecule has 0 bridgehead atoms. The van der Waals surface area contributed by atoms with Gasteiger partial charge in [-0.15, -0.1) is 0 Å². The van der Waals surface area contributed by atoms with Crippen LogP contribution >= 0.6 is 0 Å². The largest absolute Gasteiger partial charge is 0.487 e. The van der Waals surface area contributed by atoms with Crippen LogP contribution in [0.5, 0.6) is 5.75 Å². The highest BCUT2D eigenvalue weighted by Gasteiger charge is 2.33. The normalized spacial score (nSPS) is 18.8. The van der Waals surface area contributed by atoms with Crippen molar-refractivity contribution in [3.8, 4) is 5.75 Å². The zero-order valence-corrected chi connectivity index (χ0v) is 16.2. The summed E-state index contributed by atoms with van der Waals surface area (Å²) in [6, 6.07) is 8.34. The van der Waals surface area contributed by atoms with Gasteiger partial charge < -0.3 is 19.9 Å². The van der Waals surface area contributed by atoms with E-state index in [9.17, 15) is 0 Å². The molecule has 2 aromatic rings. The first-order valence-electron chi connectivity index (χ1n) is 9.06. The Morgan fingerprint density at radius 2 is 2.08 bits per heavy atom. The number of rotatable bonds is 4. The van der Waals surface area contributed by atoms with Gasteiger partial charge in [0.1, 0.15) is 17.1 Å². The van der Waals surface area contributed by atoms with Crippen molar-refractivity contribution in [3.05, 3.63) is 46.8 Å². The molecule has 0 aliphatic carbocycles. The molecule has 1 aromatic heterocycles. The van der Waals surface area contributed by atoms with Gasteiger partial charge in [0.15, 0.2) is 5.96 Å². The standard InChI is InChI=1S/C20H28N4O2/c1-13-15(14(2)26-24-13)10-11-22-19(21-5)23-17-12-20(3,4)25-18-9-7-6-8-16(17)18/h6-9,17H,10-12H2,1-5H3,(H2,21,22,23). The lowest BCUT2D eigenvalue weighted by molar-refractivity contribution is 0.0694. The van der Waals surface area contributed by atoms with Gasteiger partial charge in [-0.1, -0.05) is 23.4 Å². The Kier molecular flexibility index (Phi) is 5.20. The van der Waals surface area contributed by atoms with Gasteiger partial charge in [0, 0.05) is 31.1 Å². The average Bonchev–Trinajstić information content (AvgIpc) is 2.91. The van der Waals surface area contributed by atoms with Gasteiger partial charge in [0.25, 0.3) is 0 Å². The van der Waals surface area contributed by atoms with Crippen LogP contribution in [0.25, 0.3) is 0 Å². The number of hydrogen-bond acceptors (Lipinski definition) is 4. The maximum atomic E-state index is 6.10. The van der Waals surface area contributed by atoms with E-state index in [1.165, 1.54) is 5.56 Å². The third-order valence-corrected chi connectivity index (χ3v) is 4.76. The molecule has 2 heterocycles. The summed E-state index contributed by atoms with van der Waals surface area (Å²) in [7, 11) is 1.79. The topological polar surface area (TPSA) is 71.7 Å². The van der Waals surface area contributed by atoms with Crippen molar-refractivity contribution in [3.63, 3.8) is 0 Å². The van der Waals surface area contributed by atoms with E-state index in [0.717, 1.165) is 48.1 Å². The monoisotopic (exact) mass is 356 g/mol. The van der Waals surface area contributed by atoms with Gasteiger partial charge in [-0.25, -0.2) is 0 Å². The number of guanidine groups is 1. The van der Waals surface area contributed by atoms with Gasteiger partial charge in [-0.3, -0.25) is 4.99 Å². The lowest BCUT2D eigenvalue weighted by atomic mass is 9.90. The number of hydrogen-bond donors (Lipinski definition) is 2. The predicted molar refractivity (Wildman–Crippen MR) is 103 cm³/mol. The lowest BCUT2D eigenvalue weighted by Crippen LogP contribution is -2.45. The summed E-state index contributed by atoms with van der Waals surface area (Å²) in [4.78, 5) is 4.38. The quantitative estimate of drug-likeness (QED) is 0.650. The highest BCUT2D eigenvalue weighted by atomic mass is 16.5. The number of aryl methyl sites for hydroxylation is 2. The molecule has 1 unspecified atom stereocenters. The van der Waals surface area contributed by atoms with Crippen LogP contribution in [0.1, 0.15) is 48.9 Å². The molecule has 140 valence electrons. The van der Waals surface area contributed by atoms with Crippen LogP contribution < -0.4 is 15.4 Å². The van der Waals surface area contributed by atoms with Gasteiger partial charge in [0.2, 0.25) is 0 Å². The second-order valence-electron chi connectivity index (χ2n) is 7.35. The number of benzene rings is 1. The van der Waals surface area contributed by atoms with Crippen LogP contribution in [-0.4, -0.2) is 30.3 Å². The summed E-state index contributed by atoms with van der Waals surface area (Å²) < 4.78 is 11.3. The number of para-hydroxylation sites is 1. The van der Waals surface area contributed by atoms with Crippen molar-refractivity contribution < 1.29 is 9.26 Å². The van der Waals surface area contributed by atoms with E-state index < -0.39 is 0 Å². The number of ether oxygens (including phenoxy) is 1. The third kappa shape index (κ3) is 4.00. The Balaban J connectivity index is 1.65. The van der Waals surface area contributed by atoms with Crippen molar-refractivity contribution >= 4 is 5.96 Å². The molecular weight excluding hydrogens is 328 g/mol. The van der Waals surface area contributed by atoms with Gasteiger partial charge >= 0.3 is 0 Å².